The maximum Gasteiger partial charge on any atom is 0.341 e. The second kappa shape index (κ2) is 11.6. The van der Waals surface area contributed by atoms with Crippen molar-refractivity contribution in [1.82, 2.24) is 19.7 Å². The molecule has 184 valence electrons. The van der Waals surface area contributed by atoms with Crippen molar-refractivity contribution < 1.29 is 19.1 Å². The van der Waals surface area contributed by atoms with Gasteiger partial charge in [0.1, 0.15) is 16.3 Å². The molecule has 9 nitrogen and oxygen atoms in total. The van der Waals surface area contributed by atoms with Gasteiger partial charge in [-0.2, -0.15) is 0 Å². The van der Waals surface area contributed by atoms with Crippen molar-refractivity contribution in [2.45, 2.75) is 11.7 Å². The third-order valence-electron chi connectivity index (χ3n) is 5.12. The average molecular weight is 522 g/mol. The Hall–Kier alpha value is -3.96. The molecule has 0 atom stereocenters. The van der Waals surface area contributed by atoms with Crippen molar-refractivity contribution in [2.75, 3.05) is 25.3 Å². The molecule has 0 aliphatic rings. The Morgan fingerprint density at radius 3 is 2.64 bits per heavy atom. The summed E-state index contributed by atoms with van der Waals surface area (Å²) in [5.74, 6) is 0.594. The van der Waals surface area contributed by atoms with Crippen LogP contribution in [0, 0.1) is 0 Å². The summed E-state index contributed by atoms with van der Waals surface area (Å²) in [6.07, 6.45) is 5.13. The number of benzene rings is 1. The SMILES string of the molecule is C=CCn1c(SCC(=O)Nc2scc(-c3ccc(OC)cc3)c2C(=O)OC)nnc1-c1cccnc1. The number of ether oxygens (including phenoxy) is 2. The molecule has 0 aliphatic carbocycles. The molecule has 3 heterocycles. The third-order valence-corrected chi connectivity index (χ3v) is 6.98. The fourth-order valence-corrected chi connectivity index (χ4v) is 5.15. The summed E-state index contributed by atoms with van der Waals surface area (Å²) in [5, 5.41) is 14.2. The molecule has 4 aromatic rings. The van der Waals surface area contributed by atoms with Crippen LogP contribution in [-0.4, -0.2) is 51.6 Å². The van der Waals surface area contributed by atoms with Crippen LogP contribution >= 0.6 is 23.1 Å². The smallest absolute Gasteiger partial charge is 0.341 e. The number of aromatic nitrogens is 4. The van der Waals surface area contributed by atoms with Gasteiger partial charge in [0.05, 0.1) is 20.0 Å². The van der Waals surface area contributed by atoms with E-state index in [0.717, 1.165) is 11.1 Å². The molecule has 1 amide bonds. The van der Waals surface area contributed by atoms with Gasteiger partial charge in [-0.15, -0.1) is 28.1 Å². The van der Waals surface area contributed by atoms with Crippen molar-refractivity contribution in [1.29, 1.82) is 0 Å². The Morgan fingerprint density at radius 1 is 1.17 bits per heavy atom. The first-order valence-electron chi connectivity index (χ1n) is 10.8. The predicted molar refractivity (Wildman–Crippen MR) is 140 cm³/mol. The molecular weight excluding hydrogens is 498 g/mol. The number of rotatable bonds is 10. The summed E-state index contributed by atoms with van der Waals surface area (Å²) >= 11 is 2.50. The van der Waals surface area contributed by atoms with E-state index < -0.39 is 5.97 Å². The summed E-state index contributed by atoms with van der Waals surface area (Å²) in [6, 6.07) is 11.0. The van der Waals surface area contributed by atoms with E-state index in [-0.39, 0.29) is 11.7 Å². The number of nitrogens with zero attached hydrogens (tertiary/aromatic N) is 4. The highest BCUT2D eigenvalue weighted by molar-refractivity contribution is 7.99. The van der Waals surface area contributed by atoms with Crippen LogP contribution in [0.3, 0.4) is 0 Å². The van der Waals surface area contributed by atoms with Gasteiger partial charge in [-0.05, 0) is 29.8 Å². The van der Waals surface area contributed by atoms with Gasteiger partial charge in [0.15, 0.2) is 11.0 Å². The Labute approximate surface area is 216 Å². The number of allylic oxidation sites excluding steroid dienone is 1. The number of anilines is 1. The lowest BCUT2D eigenvalue weighted by Crippen LogP contribution is -2.16. The zero-order chi connectivity index (χ0) is 25.5. The number of esters is 1. The molecule has 0 bridgehead atoms. The molecule has 0 unspecified atom stereocenters. The number of thioether (sulfide) groups is 1. The van der Waals surface area contributed by atoms with Crippen molar-refractivity contribution in [2.24, 2.45) is 0 Å². The monoisotopic (exact) mass is 521 g/mol. The summed E-state index contributed by atoms with van der Waals surface area (Å²) < 4.78 is 12.1. The zero-order valence-corrected chi connectivity index (χ0v) is 21.3. The van der Waals surface area contributed by atoms with Crippen LogP contribution in [-0.2, 0) is 16.1 Å². The standard InChI is InChI=1S/C25H23N5O4S2/c1-4-12-30-22(17-6-5-11-26-13-17)28-29-25(30)36-15-20(31)27-23-21(24(32)34-3)19(14-35-23)16-7-9-18(33-2)10-8-16/h4-11,13-14H,1,12,15H2,2-3H3,(H,27,31). The van der Waals surface area contributed by atoms with Gasteiger partial charge < -0.3 is 14.8 Å². The summed E-state index contributed by atoms with van der Waals surface area (Å²) in [5.41, 5.74) is 2.60. The van der Waals surface area contributed by atoms with E-state index in [2.05, 4.69) is 27.1 Å². The lowest BCUT2D eigenvalue weighted by molar-refractivity contribution is -0.113. The van der Waals surface area contributed by atoms with E-state index in [0.29, 0.717) is 39.4 Å². The molecule has 0 spiro atoms. The average Bonchev–Trinajstić information content (AvgIpc) is 3.52. The van der Waals surface area contributed by atoms with Crippen molar-refractivity contribution in [3.8, 4) is 28.3 Å². The summed E-state index contributed by atoms with van der Waals surface area (Å²) in [4.78, 5) is 29.6. The molecule has 1 N–H and O–H groups in total. The number of nitrogens with one attached hydrogen (secondary N) is 1. The minimum atomic E-state index is -0.531. The summed E-state index contributed by atoms with van der Waals surface area (Å²) in [7, 11) is 2.90. The van der Waals surface area contributed by atoms with E-state index in [9.17, 15) is 9.59 Å². The normalized spacial score (nSPS) is 10.6. The van der Waals surface area contributed by atoms with Crippen LogP contribution in [0.2, 0.25) is 0 Å². The minimum Gasteiger partial charge on any atom is -0.497 e. The number of hydrogen-bond donors (Lipinski definition) is 1. The topological polar surface area (TPSA) is 108 Å². The van der Waals surface area contributed by atoms with Crippen LogP contribution in [0.15, 0.2) is 72.0 Å². The Bertz CT molecular complexity index is 1370. The molecule has 0 aliphatic heterocycles. The molecular formula is C25H23N5O4S2. The number of carbonyl (C=O) groups is 2. The van der Waals surface area contributed by atoms with E-state index in [1.807, 2.05) is 46.3 Å². The van der Waals surface area contributed by atoms with Gasteiger partial charge in [-0.1, -0.05) is 30.0 Å². The lowest BCUT2D eigenvalue weighted by Gasteiger charge is -2.09. The highest BCUT2D eigenvalue weighted by Gasteiger charge is 2.23. The third kappa shape index (κ3) is 5.47. The first-order chi connectivity index (χ1) is 17.5. The first-order valence-corrected chi connectivity index (χ1v) is 12.6. The minimum absolute atomic E-state index is 0.0682. The van der Waals surface area contributed by atoms with Gasteiger partial charge >= 0.3 is 5.97 Å². The largest absolute Gasteiger partial charge is 0.497 e. The van der Waals surface area contributed by atoms with Gasteiger partial charge in [0, 0.05) is 35.4 Å². The number of carbonyl (C=O) groups excluding carboxylic acids is 2. The number of thiophene rings is 1. The van der Waals surface area contributed by atoms with Crippen molar-refractivity contribution in [3.63, 3.8) is 0 Å². The van der Waals surface area contributed by atoms with Crippen LogP contribution in [0.25, 0.3) is 22.5 Å². The molecule has 0 saturated heterocycles. The quantitative estimate of drug-likeness (QED) is 0.180. The van der Waals surface area contributed by atoms with E-state index in [1.165, 1.54) is 30.2 Å². The highest BCUT2D eigenvalue weighted by Crippen LogP contribution is 2.37. The Balaban J connectivity index is 1.51. The molecule has 11 heteroatoms. The second-order valence-corrected chi connectivity index (χ2v) is 9.18. The van der Waals surface area contributed by atoms with Gasteiger partial charge in [0.25, 0.3) is 0 Å². The van der Waals surface area contributed by atoms with Crippen molar-refractivity contribution >= 4 is 40.0 Å². The number of hydrogen-bond acceptors (Lipinski definition) is 9. The van der Waals surface area contributed by atoms with Gasteiger partial charge in [0.2, 0.25) is 5.91 Å². The molecule has 3 aromatic heterocycles. The maximum absolute atomic E-state index is 12.8. The Kier molecular flexibility index (Phi) is 8.13. The van der Waals surface area contributed by atoms with Gasteiger partial charge in [-0.3, -0.25) is 14.3 Å². The van der Waals surface area contributed by atoms with Gasteiger partial charge in [-0.25, -0.2) is 4.79 Å². The zero-order valence-electron chi connectivity index (χ0n) is 19.6. The van der Waals surface area contributed by atoms with Crippen LogP contribution in [0.4, 0.5) is 5.00 Å². The molecule has 1 aromatic carbocycles. The van der Waals surface area contributed by atoms with Crippen molar-refractivity contribution in [3.05, 3.63) is 72.4 Å². The van der Waals surface area contributed by atoms with E-state index in [1.54, 1.807) is 25.6 Å². The predicted octanol–water partition coefficient (Wildman–Crippen LogP) is 4.78. The highest BCUT2D eigenvalue weighted by atomic mass is 32.2. The molecule has 0 radical (unpaired) electrons. The number of methoxy groups -OCH3 is 2. The molecule has 36 heavy (non-hydrogen) atoms. The first kappa shape index (κ1) is 25.1. The second-order valence-electron chi connectivity index (χ2n) is 7.36. The fourth-order valence-electron chi connectivity index (χ4n) is 3.43. The Morgan fingerprint density at radius 2 is 1.97 bits per heavy atom. The van der Waals surface area contributed by atoms with Crippen LogP contribution in [0.5, 0.6) is 5.75 Å². The number of pyridine rings is 1. The fraction of sp³-hybridized carbons (Fsp3) is 0.160. The molecule has 0 saturated carbocycles. The van der Waals surface area contributed by atoms with E-state index >= 15 is 0 Å². The molecule has 0 fully saturated rings. The van der Waals surface area contributed by atoms with Crippen LogP contribution < -0.4 is 10.1 Å². The number of amides is 1. The lowest BCUT2D eigenvalue weighted by atomic mass is 10.0. The summed E-state index contributed by atoms with van der Waals surface area (Å²) in [6.45, 7) is 4.28. The van der Waals surface area contributed by atoms with Crippen LogP contribution in [0.1, 0.15) is 10.4 Å². The maximum atomic E-state index is 12.8. The van der Waals surface area contributed by atoms with E-state index in [4.69, 9.17) is 9.47 Å². The molecule has 4 rings (SSSR count).